The molecule has 0 unspecified atom stereocenters. The number of nitrogens with one attached hydrogen (secondary N) is 1. The number of nitrogens with two attached hydrogens (primary N) is 2. The van der Waals surface area contributed by atoms with E-state index in [4.69, 9.17) is 11.5 Å². The van der Waals surface area contributed by atoms with Crippen LogP contribution in [-0.2, 0) is 4.79 Å². The highest BCUT2D eigenvalue weighted by Crippen LogP contribution is 2.28. The number of nitrogen functional groups attached to an aromatic ring is 1. The van der Waals surface area contributed by atoms with E-state index in [2.05, 4.69) is 10.3 Å². The topological polar surface area (TPSA) is 111 Å². The Bertz CT molecular complexity index is 525. The number of rotatable bonds is 6. The maximum absolute atomic E-state index is 12.2. The van der Waals surface area contributed by atoms with Gasteiger partial charge in [0.1, 0.15) is 11.5 Å². The minimum Gasteiger partial charge on any atom is -0.384 e. The Labute approximate surface area is 130 Å². The van der Waals surface area contributed by atoms with Gasteiger partial charge < -0.3 is 16.8 Å². The molecule has 22 heavy (non-hydrogen) atoms. The second-order valence-electron chi connectivity index (χ2n) is 5.90. The van der Waals surface area contributed by atoms with Gasteiger partial charge in [0, 0.05) is 25.4 Å². The molecule has 0 aliphatic heterocycles. The van der Waals surface area contributed by atoms with E-state index in [1.807, 2.05) is 0 Å². The average molecular weight is 304 g/mol. The number of carbonyl (C=O) groups excluding carboxylic acids is 2. The second kappa shape index (κ2) is 7.89. The van der Waals surface area contributed by atoms with Crippen molar-refractivity contribution in [2.75, 3.05) is 12.3 Å². The van der Waals surface area contributed by atoms with E-state index in [1.54, 1.807) is 18.2 Å². The zero-order valence-corrected chi connectivity index (χ0v) is 12.8. The summed E-state index contributed by atoms with van der Waals surface area (Å²) in [5.41, 5.74) is 11.4. The van der Waals surface area contributed by atoms with Gasteiger partial charge in [0.25, 0.3) is 0 Å². The van der Waals surface area contributed by atoms with Crippen molar-refractivity contribution in [3.8, 4) is 0 Å². The number of amides is 1. The van der Waals surface area contributed by atoms with Gasteiger partial charge in [-0.25, -0.2) is 4.98 Å². The monoisotopic (exact) mass is 304 g/mol. The molecule has 6 heteroatoms. The van der Waals surface area contributed by atoms with Crippen LogP contribution in [0.1, 0.15) is 49.0 Å². The third kappa shape index (κ3) is 4.80. The molecule has 2 rings (SSSR count). The van der Waals surface area contributed by atoms with Gasteiger partial charge >= 0.3 is 0 Å². The molecule has 1 saturated carbocycles. The average Bonchev–Trinajstić information content (AvgIpc) is 2.49. The van der Waals surface area contributed by atoms with Gasteiger partial charge in [0.05, 0.1) is 0 Å². The van der Waals surface area contributed by atoms with Crippen molar-refractivity contribution in [3.05, 3.63) is 23.9 Å². The maximum atomic E-state index is 12.2. The summed E-state index contributed by atoms with van der Waals surface area (Å²) in [5, 5.41) is 3.00. The van der Waals surface area contributed by atoms with Crippen molar-refractivity contribution in [1.29, 1.82) is 0 Å². The van der Waals surface area contributed by atoms with Crippen LogP contribution in [0.5, 0.6) is 0 Å². The first-order valence-electron chi connectivity index (χ1n) is 7.83. The zero-order chi connectivity index (χ0) is 15.9. The predicted molar refractivity (Wildman–Crippen MR) is 85.2 cm³/mol. The van der Waals surface area contributed by atoms with Gasteiger partial charge in [-0.05, 0) is 43.7 Å². The molecule has 1 aliphatic carbocycles. The number of hydrogen-bond donors (Lipinski definition) is 3. The lowest BCUT2D eigenvalue weighted by Gasteiger charge is -2.28. The Balaban J connectivity index is 1.77. The highest BCUT2D eigenvalue weighted by atomic mass is 16.1. The first kappa shape index (κ1) is 16.4. The Morgan fingerprint density at radius 1 is 1.23 bits per heavy atom. The lowest BCUT2D eigenvalue weighted by Crippen LogP contribution is -2.38. The third-order valence-electron chi connectivity index (χ3n) is 4.11. The molecule has 6 nitrogen and oxygen atoms in total. The van der Waals surface area contributed by atoms with Crippen LogP contribution >= 0.6 is 0 Å². The van der Waals surface area contributed by atoms with Crippen molar-refractivity contribution in [3.63, 3.8) is 0 Å². The van der Waals surface area contributed by atoms with Gasteiger partial charge in [0.15, 0.2) is 5.78 Å². The predicted octanol–water partition coefficient (Wildman–Crippen LogP) is 1.26. The van der Waals surface area contributed by atoms with E-state index >= 15 is 0 Å². The molecule has 1 aromatic heterocycles. The molecular formula is C16H24N4O2. The fraction of sp³-hybridized carbons (Fsp3) is 0.562. The van der Waals surface area contributed by atoms with Crippen molar-refractivity contribution in [2.45, 2.75) is 44.6 Å². The number of carbonyl (C=O) groups is 2. The fourth-order valence-corrected chi connectivity index (χ4v) is 2.92. The van der Waals surface area contributed by atoms with Gasteiger partial charge in [0.2, 0.25) is 5.91 Å². The molecule has 0 spiro atoms. The minimum atomic E-state index is 0.0194. The molecule has 0 bridgehead atoms. The van der Waals surface area contributed by atoms with Crippen LogP contribution in [0, 0.1) is 5.92 Å². The zero-order valence-electron chi connectivity index (χ0n) is 12.8. The molecule has 1 fully saturated rings. The lowest BCUT2D eigenvalue weighted by molar-refractivity contribution is -0.121. The molecule has 0 aromatic carbocycles. The summed E-state index contributed by atoms with van der Waals surface area (Å²) in [6, 6.07) is 5.35. The van der Waals surface area contributed by atoms with Crippen molar-refractivity contribution in [1.82, 2.24) is 10.3 Å². The Hall–Kier alpha value is -1.95. The SMILES string of the molecule is NCCC(=O)NC1CCC(CC(=O)c2cccc(N)n2)CC1. The largest absolute Gasteiger partial charge is 0.384 e. The number of Topliss-reactive ketones (excluding diaryl/α,β-unsaturated/α-hetero) is 1. The van der Waals surface area contributed by atoms with E-state index in [9.17, 15) is 9.59 Å². The number of nitrogens with zero attached hydrogens (tertiary/aromatic N) is 1. The molecule has 1 aromatic rings. The summed E-state index contributed by atoms with van der Waals surface area (Å²) in [7, 11) is 0. The summed E-state index contributed by atoms with van der Waals surface area (Å²) in [6.07, 6.45) is 4.60. The Kier molecular flexibility index (Phi) is 5.89. The summed E-state index contributed by atoms with van der Waals surface area (Å²) in [4.78, 5) is 27.8. The number of pyridine rings is 1. The minimum absolute atomic E-state index is 0.0194. The van der Waals surface area contributed by atoms with Crippen LogP contribution in [0.25, 0.3) is 0 Å². The van der Waals surface area contributed by atoms with Gasteiger partial charge in [-0.2, -0.15) is 0 Å². The van der Waals surface area contributed by atoms with Gasteiger partial charge in [-0.3, -0.25) is 9.59 Å². The Morgan fingerprint density at radius 2 is 1.95 bits per heavy atom. The summed E-state index contributed by atoms with van der Waals surface area (Å²) < 4.78 is 0. The van der Waals surface area contributed by atoms with E-state index in [0.29, 0.717) is 36.8 Å². The third-order valence-corrected chi connectivity index (χ3v) is 4.11. The quantitative estimate of drug-likeness (QED) is 0.685. The first-order valence-corrected chi connectivity index (χ1v) is 7.83. The number of ketones is 1. The molecule has 1 amide bonds. The van der Waals surface area contributed by atoms with Crippen LogP contribution < -0.4 is 16.8 Å². The highest BCUT2D eigenvalue weighted by Gasteiger charge is 2.24. The molecular weight excluding hydrogens is 280 g/mol. The van der Waals surface area contributed by atoms with E-state index in [0.717, 1.165) is 25.7 Å². The fourth-order valence-electron chi connectivity index (χ4n) is 2.92. The molecule has 120 valence electrons. The molecule has 0 atom stereocenters. The van der Waals surface area contributed by atoms with Gasteiger partial charge in [-0.15, -0.1) is 0 Å². The van der Waals surface area contributed by atoms with Crippen LogP contribution in [0.4, 0.5) is 5.82 Å². The number of anilines is 1. The van der Waals surface area contributed by atoms with Crippen LogP contribution in [-0.4, -0.2) is 29.3 Å². The summed E-state index contributed by atoms with van der Waals surface area (Å²) >= 11 is 0. The summed E-state index contributed by atoms with van der Waals surface area (Å²) in [5.74, 6) is 0.796. The molecule has 0 radical (unpaired) electrons. The number of hydrogen-bond acceptors (Lipinski definition) is 5. The second-order valence-corrected chi connectivity index (χ2v) is 5.90. The first-order chi connectivity index (χ1) is 10.6. The molecule has 1 heterocycles. The van der Waals surface area contributed by atoms with E-state index in [1.165, 1.54) is 0 Å². The van der Waals surface area contributed by atoms with Crippen molar-refractivity contribution >= 4 is 17.5 Å². The maximum Gasteiger partial charge on any atom is 0.221 e. The van der Waals surface area contributed by atoms with Crippen LogP contribution in [0.2, 0.25) is 0 Å². The standard InChI is InChI=1S/C16H24N4O2/c17-9-8-16(22)19-12-6-4-11(5-7-12)10-14(21)13-2-1-3-15(18)20-13/h1-3,11-12H,4-10,17H2,(H2,18,20)(H,19,22). The van der Waals surface area contributed by atoms with E-state index in [-0.39, 0.29) is 17.7 Å². The lowest BCUT2D eigenvalue weighted by atomic mass is 9.82. The summed E-state index contributed by atoms with van der Waals surface area (Å²) in [6.45, 7) is 0.378. The van der Waals surface area contributed by atoms with Gasteiger partial charge in [-0.1, -0.05) is 6.07 Å². The Morgan fingerprint density at radius 3 is 2.59 bits per heavy atom. The van der Waals surface area contributed by atoms with Crippen molar-refractivity contribution < 1.29 is 9.59 Å². The van der Waals surface area contributed by atoms with Crippen LogP contribution in [0.15, 0.2) is 18.2 Å². The number of aromatic nitrogens is 1. The van der Waals surface area contributed by atoms with Crippen LogP contribution in [0.3, 0.4) is 0 Å². The van der Waals surface area contributed by atoms with E-state index < -0.39 is 0 Å². The normalized spacial score (nSPS) is 21.3. The molecule has 5 N–H and O–H groups in total. The van der Waals surface area contributed by atoms with Crippen molar-refractivity contribution in [2.24, 2.45) is 11.7 Å². The smallest absolute Gasteiger partial charge is 0.221 e. The molecule has 1 aliphatic rings. The highest BCUT2D eigenvalue weighted by molar-refractivity contribution is 5.94. The molecule has 0 saturated heterocycles.